The number of rotatable bonds is 7. The number of para-hydroxylation sites is 1. The number of urea groups is 1. The molecule has 0 aliphatic heterocycles. The molecule has 24 heavy (non-hydrogen) atoms. The molecule has 2 N–H and O–H groups in total. The summed E-state index contributed by atoms with van der Waals surface area (Å²) in [4.78, 5) is 14.1. The van der Waals surface area contributed by atoms with E-state index in [-0.39, 0.29) is 18.7 Å². The van der Waals surface area contributed by atoms with Crippen LogP contribution in [0.5, 0.6) is 5.75 Å². The summed E-state index contributed by atoms with van der Waals surface area (Å²) in [5.41, 5.74) is 1.12. The van der Waals surface area contributed by atoms with E-state index in [9.17, 15) is 9.90 Å². The van der Waals surface area contributed by atoms with E-state index in [1.807, 2.05) is 43.1 Å². The van der Waals surface area contributed by atoms with Gasteiger partial charge in [0.25, 0.3) is 0 Å². The minimum absolute atomic E-state index is 0.0173. The van der Waals surface area contributed by atoms with Gasteiger partial charge in [0.05, 0.1) is 6.61 Å². The topological polar surface area (TPSA) is 61.8 Å². The van der Waals surface area contributed by atoms with Crippen LogP contribution in [-0.2, 0) is 6.42 Å². The van der Waals surface area contributed by atoms with Gasteiger partial charge in [-0.1, -0.05) is 18.2 Å². The van der Waals surface area contributed by atoms with Crippen molar-refractivity contribution in [2.75, 3.05) is 26.8 Å². The molecule has 0 unspecified atom stereocenters. The number of hydrogen-bond donors (Lipinski definition) is 2. The van der Waals surface area contributed by atoms with Crippen LogP contribution in [0.15, 0.2) is 24.3 Å². The molecule has 1 aliphatic carbocycles. The Morgan fingerprint density at radius 2 is 2.00 bits per heavy atom. The Morgan fingerprint density at radius 3 is 2.67 bits per heavy atom. The lowest BCUT2D eigenvalue weighted by molar-refractivity contribution is 0.134. The average Bonchev–Trinajstić information content (AvgIpc) is 2.62. The van der Waals surface area contributed by atoms with E-state index in [0.717, 1.165) is 43.4 Å². The van der Waals surface area contributed by atoms with E-state index in [4.69, 9.17) is 4.74 Å². The van der Waals surface area contributed by atoms with Crippen molar-refractivity contribution in [1.82, 2.24) is 10.2 Å². The zero-order valence-corrected chi connectivity index (χ0v) is 14.8. The Kier molecular flexibility index (Phi) is 7.37. The zero-order valence-electron chi connectivity index (χ0n) is 14.8. The number of benzene rings is 1. The van der Waals surface area contributed by atoms with Crippen LogP contribution in [0.25, 0.3) is 0 Å². The first-order chi connectivity index (χ1) is 11.7. The Labute approximate surface area is 145 Å². The molecule has 2 amide bonds. The molecule has 5 nitrogen and oxygen atoms in total. The summed E-state index contributed by atoms with van der Waals surface area (Å²) in [6.07, 6.45) is 4.71. The van der Waals surface area contributed by atoms with Gasteiger partial charge < -0.3 is 20.1 Å². The van der Waals surface area contributed by atoms with Crippen molar-refractivity contribution in [3.05, 3.63) is 29.8 Å². The van der Waals surface area contributed by atoms with E-state index >= 15 is 0 Å². The molecule has 5 heteroatoms. The third-order valence-corrected chi connectivity index (χ3v) is 4.89. The van der Waals surface area contributed by atoms with Crippen molar-refractivity contribution < 1.29 is 14.6 Å². The van der Waals surface area contributed by atoms with E-state index in [1.54, 1.807) is 0 Å². The van der Waals surface area contributed by atoms with Gasteiger partial charge in [-0.25, -0.2) is 4.79 Å². The molecule has 1 aliphatic rings. The molecule has 0 saturated heterocycles. The highest BCUT2D eigenvalue weighted by Gasteiger charge is 2.25. The number of ether oxygens (including phenoxy) is 1. The van der Waals surface area contributed by atoms with Crippen molar-refractivity contribution >= 4 is 6.03 Å². The fourth-order valence-corrected chi connectivity index (χ4v) is 3.32. The van der Waals surface area contributed by atoms with Crippen LogP contribution in [0, 0.1) is 5.92 Å². The van der Waals surface area contributed by atoms with Gasteiger partial charge in [0.1, 0.15) is 5.75 Å². The van der Waals surface area contributed by atoms with Crippen molar-refractivity contribution in [2.24, 2.45) is 5.92 Å². The second-order valence-corrected chi connectivity index (χ2v) is 6.49. The van der Waals surface area contributed by atoms with Gasteiger partial charge in [-0.2, -0.15) is 0 Å². The first kappa shape index (κ1) is 18.6. The molecule has 2 rings (SSSR count). The minimum atomic E-state index is -0.0173. The van der Waals surface area contributed by atoms with Crippen LogP contribution in [-0.4, -0.2) is 48.9 Å². The van der Waals surface area contributed by atoms with Crippen molar-refractivity contribution in [3.8, 4) is 5.75 Å². The Bertz CT molecular complexity index is 513. The van der Waals surface area contributed by atoms with Gasteiger partial charge in [0.15, 0.2) is 0 Å². The molecular formula is C19H30N2O3. The molecule has 0 spiro atoms. The SMILES string of the molecule is CCOc1ccccc1CCNC(=O)N(C)C1CCC(CO)CC1. The Morgan fingerprint density at radius 1 is 1.29 bits per heavy atom. The molecule has 1 fully saturated rings. The van der Waals surface area contributed by atoms with Crippen LogP contribution in [0.1, 0.15) is 38.2 Å². The molecule has 1 saturated carbocycles. The predicted octanol–water partition coefficient (Wildman–Crippen LogP) is 2.82. The highest BCUT2D eigenvalue weighted by Crippen LogP contribution is 2.26. The zero-order chi connectivity index (χ0) is 17.4. The van der Waals surface area contributed by atoms with Gasteiger partial charge in [0, 0.05) is 26.2 Å². The number of aliphatic hydroxyl groups is 1. The molecule has 0 radical (unpaired) electrons. The maximum atomic E-state index is 12.3. The van der Waals surface area contributed by atoms with Gasteiger partial charge in [-0.15, -0.1) is 0 Å². The van der Waals surface area contributed by atoms with Crippen molar-refractivity contribution in [3.63, 3.8) is 0 Å². The third kappa shape index (κ3) is 5.13. The van der Waals surface area contributed by atoms with Gasteiger partial charge in [-0.05, 0) is 56.6 Å². The predicted molar refractivity (Wildman–Crippen MR) is 95.3 cm³/mol. The van der Waals surface area contributed by atoms with Crippen molar-refractivity contribution in [1.29, 1.82) is 0 Å². The van der Waals surface area contributed by atoms with Crippen LogP contribution in [0.4, 0.5) is 4.79 Å². The Balaban J connectivity index is 1.77. The number of hydrogen-bond acceptors (Lipinski definition) is 3. The normalized spacial score (nSPS) is 20.5. The molecule has 0 atom stereocenters. The van der Waals surface area contributed by atoms with Crippen LogP contribution in [0.3, 0.4) is 0 Å². The lowest BCUT2D eigenvalue weighted by Crippen LogP contribution is -2.45. The minimum Gasteiger partial charge on any atom is -0.494 e. The number of nitrogens with zero attached hydrogens (tertiary/aromatic N) is 1. The standard InChI is InChI=1S/C19H30N2O3/c1-3-24-18-7-5-4-6-16(18)12-13-20-19(23)21(2)17-10-8-15(14-22)9-11-17/h4-7,15,17,22H,3,8-14H2,1-2H3,(H,20,23). The fourth-order valence-electron chi connectivity index (χ4n) is 3.32. The maximum absolute atomic E-state index is 12.3. The molecule has 134 valence electrons. The number of amides is 2. The average molecular weight is 334 g/mol. The van der Waals surface area contributed by atoms with E-state index < -0.39 is 0 Å². The summed E-state index contributed by atoms with van der Waals surface area (Å²) in [6, 6.07) is 8.22. The van der Waals surface area contributed by atoms with E-state index in [2.05, 4.69) is 5.32 Å². The summed E-state index contributed by atoms with van der Waals surface area (Å²) in [7, 11) is 1.87. The third-order valence-electron chi connectivity index (χ3n) is 4.89. The lowest BCUT2D eigenvalue weighted by atomic mass is 9.86. The Hall–Kier alpha value is -1.75. The summed E-state index contributed by atoms with van der Waals surface area (Å²) in [6.45, 7) is 3.47. The lowest BCUT2D eigenvalue weighted by Gasteiger charge is -2.34. The molecule has 1 aromatic rings. The fraction of sp³-hybridized carbons (Fsp3) is 0.632. The van der Waals surface area contributed by atoms with Gasteiger partial charge in [-0.3, -0.25) is 0 Å². The van der Waals surface area contributed by atoms with Gasteiger partial charge >= 0.3 is 6.03 Å². The molecule has 0 aromatic heterocycles. The highest BCUT2D eigenvalue weighted by atomic mass is 16.5. The van der Waals surface area contributed by atoms with E-state index in [0.29, 0.717) is 19.1 Å². The highest BCUT2D eigenvalue weighted by molar-refractivity contribution is 5.74. The van der Waals surface area contributed by atoms with E-state index in [1.165, 1.54) is 0 Å². The second-order valence-electron chi connectivity index (χ2n) is 6.49. The van der Waals surface area contributed by atoms with Crippen molar-refractivity contribution in [2.45, 2.75) is 45.1 Å². The first-order valence-electron chi connectivity index (χ1n) is 8.97. The summed E-state index contributed by atoms with van der Waals surface area (Å²) < 4.78 is 5.61. The smallest absolute Gasteiger partial charge is 0.317 e. The maximum Gasteiger partial charge on any atom is 0.317 e. The largest absolute Gasteiger partial charge is 0.494 e. The quantitative estimate of drug-likeness (QED) is 0.806. The number of aliphatic hydroxyl groups excluding tert-OH is 1. The molecule has 0 heterocycles. The van der Waals surface area contributed by atoms with Crippen LogP contribution in [0.2, 0.25) is 0 Å². The summed E-state index contributed by atoms with van der Waals surface area (Å²) >= 11 is 0. The monoisotopic (exact) mass is 334 g/mol. The molecule has 1 aromatic carbocycles. The number of carbonyl (C=O) groups excluding carboxylic acids is 1. The molecular weight excluding hydrogens is 304 g/mol. The van der Waals surface area contributed by atoms with Crippen LogP contribution >= 0.6 is 0 Å². The number of nitrogens with one attached hydrogen (secondary N) is 1. The molecule has 0 bridgehead atoms. The first-order valence-corrected chi connectivity index (χ1v) is 8.97. The number of carbonyl (C=O) groups is 1. The summed E-state index contributed by atoms with van der Waals surface area (Å²) in [5.74, 6) is 1.30. The van der Waals surface area contributed by atoms with Crippen LogP contribution < -0.4 is 10.1 Å². The van der Waals surface area contributed by atoms with Gasteiger partial charge in [0.2, 0.25) is 0 Å². The second kappa shape index (κ2) is 9.52. The summed E-state index contributed by atoms with van der Waals surface area (Å²) in [5, 5.41) is 12.2.